The van der Waals surface area contributed by atoms with Crippen molar-refractivity contribution in [3.8, 4) is 12.1 Å². The molecule has 6 nitrogen and oxygen atoms in total. The minimum Gasteiger partial charge on any atom is -0.369 e. The van der Waals surface area contributed by atoms with Crippen LogP contribution in [-0.2, 0) is 10.3 Å². The average molecular weight is 708 g/mol. The maximum atomic E-state index is 9.37. The Morgan fingerprint density at radius 2 is 1.20 bits per heavy atom. The number of hydrogen-bond acceptors (Lipinski definition) is 6. The standard InChI is InChI=1S/C48H45N5O/c1-4-53(30-31-54-48(41-14-8-5-9-15-41,42-16-10-6-11-17-42)43-18-12-7-13-19-43)46-28-26-45(27-29-46)52-51-44-24-22-37(23-25-44)20-21-38-32-39(40(35-49)36-50)34-47(2,3)33-38/h5-29,32H,4,30-31,33-34H2,1-3H3/b21-20+,52-51?. The van der Waals surface area contributed by atoms with Crippen molar-refractivity contribution < 1.29 is 4.74 Å². The van der Waals surface area contributed by atoms with Crippen molar-refractivity contribution >= 4 is 23.1 Å². The molecule has 0 saturated carbocycles. The van der Waals surface area contributed by atoms with E-state index >= 15 is 0 Å². The van der Waals surface area contributed by atoms with Crippen molar-refractivity contribution in [2.45, 2.75) is 39.2 Å². The summed E-state index contributed by atoms with van der Waals surface area (Å²) in [5.41, 5.74) is 8.27. The maximum absolute atomic E-state index is 9.37. The number of likely N-dealkylation sites (N-methyl/N-ethyl adjacent to an activating group) is 1. The number of rotatable bonds is 13. The second-order valence-electron chi connectivity index (χ2n) is 14.2. The van der Waals surface area contributed by atoms with Crippen LogP contribution in [0, 0.1) is 28.1 Å². The van der Waals surface area contributed by atoms with Crippen molar-refractivity contribution in [1.29, 1.82) is 10.5 Å². The van der Waals surface area contributed by atoms with E-state index in [9.17, 15) is 10.5 Å². The van der Waals surface area contributed by atoms with Gasteiger partial charge in [0.05, 0.1) is 18.0 Å². The van der Waals surface area contributed by atoms with Gasteiger partial charge in [-0.15, -0.1) is 0 Å². The summed E-state index contributed by atoms with van der Waals surface area (Å²) in [4.78, 5) is 2.31. The van der Waals surface area contributed by atoms with Crippen molar-refractivity contribution in [3.63, 3.8) is 0 Å². The predicted molar refractivity (Wildman–Crippen MR) is 218 cm³/mol. The van der Waals surface area contributed by atoms with Gasteiger partial charge in [0.15, 0.2) is 0 Å². The van der Waals surface area contributed by atoms with Crippen molar-refractivity contribution in [1.82, 2.24) is 0 Å². The fourth-order valence-electron chi connectivity index (χ4n) is 7.14. The van der Waals surface area contributed by atoms with Gasteiger partial charge in [0.1, 0.15) is 23.3 Å². The first-order chi connectivity index (χ1) is 26.3. The molecule has 0 bridgehead atoms. The molecular formula is C48H45N5O. The van der Waals surface area contributed by atoms with Crippen molar-refractivity contribution in [3.05, 3.63) is 191 Å². The third kappa shape index (κ3) is 8.99. The molecule has 1 aliphatic carbocycles. The van der Waals surface area contributed by atoms with Crippen LogP contribution in [0.4, 0.5) is 17.1 Å². The number of azo groups is 1. The molecule has 5 aromatic carbocycles. The molecule has 0 atom stereocenters. The topological polar surface area (TPSA) is 84.8 Å². The first kappa shape index (κ1) is 37.4. The van der Waals surface area contributed by atoms with Crippen LogP contribution >= 0.6 is 0 Å². The molecule has 1 aliphatic rings. The normalized spacial score (nSPS) is 14.0. The molecule has 0 radical (unpaired) electrons. The van der Waals surface area contributed by atoms with Crippen LogP contribution in [0.2, 0.25) is 0 Å². The molecule has 0 unspecified atom stereocenters. The van der Waals surface area contributed by atoms with Gasteiger partial charge in [-0.25, -0.2) is 0 Å². The summed E-state index contributed by atoms with van der Waals surface area (Å²) < 4.78 is 7.03. The van der Waals surface area contributed by atoms with E-state index in [0.29, 0.717) is 13.2 Å². The van der Waals surface area contributed by atoms with E-state index in [4.69, 9.17) is 4.74 Å². The fraction of sp³-hybridized carbons (Fsp3) is 0.208. The van der Waals surface area contributed by atoms with E-state index in [0.717, 1.165) is 69.8 Å². The first-order valence-electron chi connectivity index (χ1n) is 18.4. The molecule has 6 heteroatoms. The Bertz CT molecular complexity index is 2090. The maximum Gasteiger partial charge on any atom is 0.143 e. The molecule has 0 saturated heterocycles. The van der Waals surface area contributed by atoms with Crippen LogP contribution in [0.25, 0.3) is 6.08 Å². The summed E-state index contributed by atoms with van der Waals surface area (Å²) in [5, 5.41) is 27.7. The summed E-state index contributed by atoms with van der Waals surface area (Å²) >= 11 is 0. The van der Waals surface area contributed by atoms with Crippen LogP contribution in [-0.4, -0.2) is 19.7 Å². The van der Waals surface area contributed by atoms with Gasteiger partial charge < -0.3 is 9.64 Å². The molecule has 54 heavy (non-hydrogen) atoms. The lowest BCUT2D eigenvalue weighted by Gasteiger charge is -2.37. The van der Waals surface area contributed by atoms with E-state index in [1.807, 2.05) is 72.8 Å². The Labute approximate surface area is 319 Å². The summed E-state index contributed by atoms with van der Waals surface area (Å²) in [6.07, 6.45) is 7.71. The third-order valence-corrected chi connectivity index (χ3v) is 9.74. The lowest BCUT2D eigenvalue weighted by atomic mass is 9.74. The van der Waals surface area contributed by atoms with E-state index in [1.165, 1.54) is 0 Å². The second-order valence-corrected chi connectivity index (χ2v) is 14.2. The number of benzene rings is 5. The quantitative estimate of drug-likeness (QED) is 0.0692. The zero-order valence-electron chi connectivity index (χ0n) is 31.2. The first-order valence-corrected chi connectivity index (χ1v) is 18.4. The van der Waals surface area contributed by atoms with Crippen LogP contribution < -0.4 is 4.90 Å². The van der Waals surface area contributed by atoms with Crippen molar-refractivity contribution in [2.75, 3.05) is 24.6 Å². The van der Waals surface area contributed by atoms with Gasteiger partial charge in [0, 0.05) is 18.8 Å². The van der Waals surface area contributed by atoms with Crippen molar-refractivity contribution in [2.24, 2.45) is 15.6 Å². The van der Waals surface area contributed by atoms with Gasteiger partial charge >= 0.3 is 0 Å². The summed E-state index contributed by atoms with van der Waals surface area (Å²) in [6.45, 7) is 8.53. The number of anilines is 1. The number of allylic oxidation sites excluding steroid dienone is 5. The van der Waals surface area contributed by atoms with E-state index in [-0.39, 0.29) is 11.0 Å². The SMILES string of the molecule is CCN(CCOC(c1ccccc1)(c1ccccc1)c1ccccc1)c1ccc(N=Nc2ccc(/C=C/C3=CC(=C(C#N)C#N)CC(C)(C)C3)cc2)cc1. The van der Waals surface area contributed by atoms with Crippen LogP contribution in [0.3, 0.4) is 0 Å². The monoisotopic (exact) mass is 707 g/mol. The Morgan fingerprint density at radius 1 is 0.704 bits per heavy atom. The van der Waals surface area contributed by atoms with Crippen LogP contribution in [0.1, 0.15) is 55.9 Å². The number of hydrogen-bond donors (Lipinski definition) is 0. The lowest BCUT2D eigenvalue weighted by molar-refractivity contribution is 0.0173. The minimum absolute atomic E-state index is 0.0188. The lowest BCUT2D eigenvalue weighted by Crippen LogP contribution is -2.36. The third-order valence-electron chi connectivity index (χ3n) is 9.74. The highest BCUT2D eigenvalue weighted by Gasteiger charge is 2.37. The van der Waals surface area contributed by atoms with Gasteiger partial charge in [-0.1, -0.05) is 135 Å². The molecular weight excluding hydrogens is 663 g/mol. The van der Waals surface area contributed by atoms with Gasteiger partial charge in [-0.3, -0.25) is 0 Å². The van der Waals surface area contributed by atoms with Gasteiger partial charge in [0.2, 0.25) is 0 Å². The Morgan fingerprint density at radius 3 is 1.69 bits per heavy atom. The van der Waals surface area contributed by atoms with E-state index < -0.39 is 5.60 Å². The minimum atomic E-state index is -0.755. The molecule has 0 N–H and O–H groups in total. The highest BCUT2D eigenvalue weighted by atomic mass is 16.5. The summed E-state index contributed by atoms with van der Waals surface area (Å²) in [5.74, 6) is 0. The Hall–Kier alpha value is -6.34. The zero-order chi connectivity index (χ0) is 37.8. The molecule has 6 rings (SSSR count). The highest BCUT2D eigenvalue weighted by Crippen LogP contribution is 2.41. The van der Waals surface area contributed by atoms with E-state index in [2.05, 4.69) is 133 Å². The number of ether oxygens (including phenoxy) is 1. The summed E-state index contributed by atoms with van der Waals surface area (Å²) in [7, 11) is 0. The Kier molecular flexibility index (Phi) is 12.1. The van der Waals surface area contributed by atoms with Gasteiger partial charge in [0.25, 0.3) is 0 Å². The smallest absolute Gasteiger partial charge is 0.143 e. The average Bonchev–Trinajstić information content (AvgIpc) is 3.21. The summed E-state index contributed by atoms with van der Waals surface area (Å²) in [6, 6.07) is 51.6. The predicted octanol–water partition coefficient (Wildman–Crippen LogP) is 12.0. The number of nitrogens with zero attached hydrogens (tertiary/aromatic N) is 5. The molecule has 0 fully saturated rings. The fourth-order valence-corrected chi connectivity index (χ4v) is 7.14. The molecule has 0 spiro atoms. The van der Waals surface area contributed by atoms with Gasteiger partial charge in [-0.2, -0.15) is 20.8 Å². The van der Waals surface area contributed by atoms with Gasteiger partial charge in [-0.05, 0) is 95.0 Å². The number of nitriles is 2. The zero-order valence-corrected chi connectivity index (χ0v) is 31.2. The van der Waals surface area contributed by atoms with Crippen LogP contribution in [0.15, 0.2) is 179 Å². The second kappa shape index (κ2) is 17.5. The van der Waals surface area contributed by atoms with E-state index in [1.54, 1.807) is 0 Å². The molecule has 0 aliphatic heterocycles. The van der Waals surface area contributed by atoms with Crippen LogP contribution in [0.5, 0.6) is 0 Å². The molecule has 0 amide bonds. The molecule has 0 heterocycles. The molecule has 5 aromatic rings. The Balaban J connectivity index is 1.11. The largest absolute Gasteiger partial charge is 0.369 e. The highest BCUT2D eigenvalue weighted by molar-refractivity contribution is 5.58. The molecule has 0 aromatic heterocycles. The molecule has 268 valence electrons.